The summed E-state index contributed by atoms with van der Waals surface area (Å²) >= 11 is 0. The van der Waals surface area contributed by atoms with Crippen LogP contribution in [0.15, 0.2) is 78.7 Å². The minimum atomic E-state index is -0.661. The summed E-state index contributed by atoms with van der Waals surface area (Å²) in [6.45, 7) is 0. The minimum absolute atomic E-state index is 0.236. The lowest BCUT2D eigenvalue weighted by Crippen LogP contribution is -2.50. The van der Waals surface area contributed by atoms with Crippen molar-refractivity contribution in [3.05, 3.63) is 101 Å². The van der Waals surface area contributed by atoms with Crippen molar-refractivity contribution in [2.45, 2.75) is 24.7 Å². The Morgan fingerprint density at radius 3 is 2.76 bits per heavy atom. The number of nitrogens with zero attached hydrogens (tertiary/aromatic N) is 1. The molecule has 0 fully saturated rings. The van der Waals surface area contributed by atoms with E-state index in [1.165, 1.54) is 12.1 Å². The molecule has 0 bridgehead atoms. The van der Waals surface area contributed by atoms with E-state index >= 15 is 0 Å². The normalized spacial score (nSPS) is 24.3. The van der Waals surface area contributed by atoms with Crippen LogP contribution in [-0.4, -0.2) is 28.2 Å². The van der Waals surface area contributed by atoms with Gasteiger partial charge in [0, 0.05) is 12.6 Å². The first-order valence-corrected chi connectivity index (χ1v) is 9.58. The molecule has 5 nitrogen and oxygen atoms in total. The molecule has 3 aliphatic rings. The first-order chi connectivity index (χ1) is 14.1. The molecule has 2 aliphatic heterocycles. The Kier molecular flexibility index (Phi) is 4.21. The zero-order chi connectivity index (χ0) is 20.0. The molecule has 3 atom stereocenters. The van der Waals surface area contributed by atoms with Gasteiger partial charge in [-0.3, -0.25) is 4.79 Å². The quantitative estimate of drug-likeness (QED) is 0.755. The van der Waals surface area contributed by atoms with Crippen LogP contribution in [0.5, 0.6) is 0 Å². The lowest BCUT2D eigenvalue weighted by Gasteiger charge is -2.27. The second kappa shape index (κ2) is 6.90. The van der Waals surface area contributed by atoms with E-state index < -0.39 is 18.3 Å². The highest BCUT2D eigenvalue weighted by molar-refractivity contribution is 5.88. The van der Waals surface area contributed by atoms with Gasteiger partial charge in [-0.05, 0) is 53.1 Å². The van der Waals surface area contributed by atoms with Gasteiger partial charge in [0.15, 0.2) is 6.17 Å². The summed E-state index contributed by atoms with van der Waals surface area (Å²) in [5.41, 5.74) is 4.40. The first-order valence-electron chi connectivity index (χ1n) is 9.58. The number of amides is 1. The van der Waals surface area contributed by atoms with Crippen LogP contribution in [0.1, 0.15) is 22.7 Å². The number of nitrogens with one attached hydrogen (secondary N) is 2. The van der Waals surface area contributed by atoms with Crippen molar-refractivity contribution in [2.75, 3.05) is 0 Å². The lowest BCUT2D eigenvalue weighted by atomic mass is 10.1. The van der Waals surface area contributed by atoms with Crippen LogP contribution in [-0.2, 0) is 11.2 Å². The molecule has 1 aliphatic carbocycles. The van der Waals surface area contributed by atoms with E-state index in [1.807, 2.05) is 53.6 Å². The fraction of sp³-hybridized carbons (Fsp3) is 0.174. The number of aliphatic hydroxyl groups excluding tert-OH is 1. The third-order valence-electron chi connectivity index (χ3n) is 5.59. The summed E-state index contributed by atoms with van der Waals surface area (Å²) < 4.78 is 13.3. The van der Waals surface area contributed by atoms with Gasteiger partial charge in [-0.15, -0.1) is 0 Å². The number of hydrogen-bond donors (Lipinski definition) is 3. The van der Waals surface area contributed by atoms with Crippen LogP contribution in [0, 0.1) is 5.82 Å². The van der Waals surface area contributed by atoms with Gasteiger partial charge in [-0.1, -0.05) is 30.3 Å². The number of rotatable bonds is 3. The molecule has 0 spiro atoms. The number of allylic oxidation sites excluding steroid dienone is 3. The summed E-state index contributed by atoms with van der Waals surface area (Å²) in [6, 6.07) is 13.5. The van der Waals surface area contributed by atoms with Crippen molar-refractivity contribution in [3.63, 3.8) is 0 Å². The van der Waals surface area contributed by atoms with Gasteiger partial charge in [0.2, 0.25) is 0 Å². The third-order valence-corrected chi connectivity index (χ3v) is 5.59. The van der Waals surface area contributed by atoms with Gasteiger partial charge >= 0.3 is 0 Å². The molecule has 3 N–H and O–H groups in total. The molecule has 0 saturated carbocycles. The second-order valence-corrected chi connectivity index (χ2v) is 7.38. The van der Waals surface area contributed by atoms with Gasteiger partial charge in [0.25, 0.3) is 5.91 Å². The molecular weight excluding hydrogens is 369 g/mol. The standard InChI is InChI=1S/C23H20FN3O2/c24-16-10-8-14(9-11-16)20-18-7-3-4-12-27(18)22(25-20)23(29)26-21-17-6-2-1-5-15(17)13-19(21)28/h1-12,19,21-22,25,28H,13H2,(H,26,29)/t19-,21+,22?/m0/s1. The maximum atomic E-state index is 13.3. The minimum Gasteiger partial charge on any atom is -0.390 e. The zero-order valence-corrected chi connectivity index (χ0v) is 15.5. The average molecular weight is 389 g/mol. The van der Waals surface area contributed by atoms with Gasteiger partial charge < -0.3 is 20.6 Å². The van der Waals surface area contributed by atoms with Crippen LogP contribution < -0.4 is 10.6 Å². The van der Waals surface area contributed by atoms with Crippen molar-refractivity contribution in [1.82, 2.24) is 15.5 Å². The number of carbonyl (C=O) groups excluding carboxylic acids is 1. The van der Waals surface area contributed by atoms with E-state index in [4.69, 9.17) is 0 Å². The highest BCUT2D eigenvalue weighted by Gasteiger charge is 2.39. The molecule has 2 aromatic carbocycles. The SMILES string of the molecule is O=C(N[C@@H]1c2ccccc2C[C@@H]1O)C1NC(c2ccc(F)cc2)=C2C=CC=CN21. The van der Waals surface area contributed by atoms with E-state index in [9.17, 15) is 14.3 Å². The Labute approximate surface area is 167 Å². The molecule has 2 heterocycles. The molecule has 5 rings (SSSR count). The van der Waals surface area contributed by atoms with Crippen molar-refractivity contribution in [1.29, 1.82) is 0 Å². The number of halogens is 1. The average Bonchev–Trinajstić information content (AvgIpc) is 3.27. The van der Waals surface area contributed by atoms with Gasteiger partial charge in [0.05, 0.1) is 23.5 Å². The van der Waals surface area contributed by atoms with Crippen molar-refractivity contribution >= 4 is 11.6 Å². The molecule has 0 saturated heterocycles. The highest BCUT2D eigenvalue weighted by atomic mass is 19.1. The summed E-state index contributed by atoms with van der Waals surface area (Å²) in [7, 11) is 0. The largest absolute Gasteiger partial charge is 0.390 e. The van der Waals surface area contributed by atoms with Crippen LogP contribution in [0.3, 0.4) is 0 Å². The van der Waals surface area contributed by atoms with Crippen molar-refractivity contribution < 1.29 is 14.3 Å². The van der Waals surface area contributed by atoms with Crippen LogP contribution in [0.2, 0.25) is 0 Å². The molecule has 0 radical (unpaired) electrons. The van der Waals surface area contributed by atoms with E-state index in [0.717, 1.165) is 28.1 Å². The van der Waals surface area contributed by atoms with Gasteiger partial charge in [-0.25, -0.2) is 4.39 Å². The highest BCUT2D eigenvalue weighted by Crippen LogP contribution is 2.34. The number of fused-ring (bicyclic) bond motifs is 2. The van der Waals surface area contributed by atoms with Crippen molar-refractivity contribution in [2.24, 2.45) is 0 Å². The summed E-state index contributed by atoms with van der Waals surface area (Å²) in [6.07, 6.45) is 6.72. The number of aliphatic hydroxyl groups is 1. The Hall–Kier alpha value is -3.38. The smallest absolute Gasteiger partial charge is 0.264 e. The Bertz CT molecular complexity index is 1060. The Balaban J connectivity index is 1.41. The maximum Gasteiger partial charge on any atom is 0.264 e. The fourth-order valence-corrected chi connectivity index (χ4v) is 4.19. The molecule has 6 heteroatoms. The second-order valence-electron chi connectivity index (χ2n) is 7.38. The molecule has 0 aromatic heterocycles. The molecule has 1 amide bonds. The zero-order valence-electron chi connectivity index (χ0n) is 15.5. The lowest BCUT2D eigenvalue weighted by molar-refractivity contribution is -0.126. The monoisotopic (exact) mass is 389 g/mol. The molecular formula is C23H20FN3O2. The van der Waals surface area contributed by atoms with Crippen LogP contribution in [0.25, 0.3) is 5.70 Å². The van der Waals surface area contributed by atoms with E-state index in [0.29, 0.717) is 6.42 Å². The molecule has 29 heavy (non-hydrogen) atoms. The molecule has 2 aromatic rings. The fourth-order valence-electron chi connectivity index (χ4n) is 4.19. The Morgan fingerprint density at radius 2 is 1.93 bits per heavy atom. The predicted octanol–water partition coefficient (Wildman–Crippen LogP) is 2.58. The topological polar surface area (TPSA) is 64.6 Å². The van der Waals surface area contributed by atoms with E-state index in [1.54, 1.807) is 12.1 Å². The Morgan fingerprint density at radius 1 is 1.14 bits per heavy atom. The maximum absolute atomic E-state index is 13.3. The van der Waals surface area contributed by atoms with Crippen LogP contribution in [0.4, 0.5) is 4.39 Å². The molecule has 146 valence electrons. The van der Waals surface area contributed by atoms with E-state index in [-0.39, 0.29) is 11.7 Å². The predicted molar refractivity (Wildman–Crippen MR) is 107 cm³/mol. The van der Waals surface area contributed by atoms with Crippen molar-refractivity contribution in [3.8, 4) is 0 Å². The number of benzene rings is 2. The third kappa shape index (κ3) is 3.02. The number of hydrogen-bond acceptors (Lipinski definition) is 4. The summed E-state index contributed by atoms with van der Waals surface area (Å²) in [5.74, 6) is -0.545. The summed E-state index contributed by atoms with van der Waals surface area (Å²) in [5, 5.41) is 16.7. The first kappa shape index (κ1) is 17.7. The van der Waals surface area contributed by atoms with Gasteiger partial charge in [0.1, 0.15) is 5.82 Å². The van der Waals surface area contributed by atoms with Crippen LogP contribution >= 0.6 is 0 Å². The van der Waals surface area contributed by atoms with Gasteiger partial charge in [-0.2, -0.15) is 0 Å². The molecule has 1 unspecified atom stereocenters. The summed E-state index contributed by atoms with van der Waals surface area (Å²) in [4.78, 5) is 15.0. The van der Waals surface area contributed by atoms with E-state index in [2.05, 4.69) is 10.6 Å². The number of carbonyl (C=O) groups is 1.